The number of hydrogen-bond donors (Lipinski definition) is 2. The van der Waals surface area contributed by atoms with Crippen molar-refractivity contribution in [1.82, 2.24) is 0 Å². The molecule has 0 aromatic rings. The number of nitrogens with two attached hydrogens (primary N) is 1. The summed E-state index contributed by atoms with van der Waals surface area (Å²) in [4.78, 5) is 0. The van der Waals surface area contributed by atoms with E-state index in [-0.39, 0.29) is 6.04 Å². The molecule has 1 atom stereocenters. The maximum Gasteiger partial charge on any atom is 0.0820 e. The molecule has 0 amide bonds. The second kappa shape index (κ2) is 4.40. The predicted octanol–water partition coefficient (Wildman–Crippen LogP) is 0.901. The topological polar surface area (TPSA) is 55.5 Å². The van der Waals surface area contributed by atoms with Crippen LogP contribution in [0.1, 0.15) is 32.6 Å². The van der Waals surface area contributed by atoms with Crippen molar-refractivity contribution in [2.24, 2.45) is 11.7 Å². The molecule has 3 heteroatoms. The van der Waals surface area contributed by atoms with Gasteiger partial charge in [-0.1, -0.05) is 6.92 Å². The van der Waals surface area contributed by atoms with Crippen LogP contribution < -0.4 is 5.73 Å². The Morgan fingerprint density at radius 2 is 2.08 bits per heavy atom. The highest BCUT2D eigenvalue weighted by atomic mass is 16.5. The average molecular weight is 187 g/mol. The van der Waals surface area contributed by atoms with E-state index in [1.54, 1.807) is 7.11 Å². The van der Waals surface area contributed by atoms with E-state index >= 15 is 0 Å². The van der Waals surface area contributed by atoms with Crippen molar-refractivity contribution in [1.29, 1.82) is 0 Å². The van der Waals surface area contributed by atoms with E-state index in [9.17, 15) is 5.11 Å². The van der Waals surface area contributed by atoms with E-state index < -0.39 is 5.60 Å². The Morgan fingerprint density at radius 1 is 1.54 bits per heavy atom. The van der Waals surface area contributed by atoms with Gasteiger partial charge in [-0.15, -0.1) is 0 Å². The summed E-state index contributed by atoms with van der Waals surface area (Å²) >= 11 is 0. The second-order valence-electron chi connectivity index (χ2n) is 4.35. The molecule has 0 aromatic carbocycles. The summed E-state index contributed by atoms with van der Waals surface area (Å²) in [5, 5.41) is 10.2. The van der Waals surface area contributed by atoms with Crippen molar-refractivity contribution in [3.63, 3.8) is 0 Å². The zero-order chi connectivity index (χ0) is 9.90. The maximum absolute atomic E-state index is 10.2. The van der Waals surface area contributed by atoms with Crippen LogP contribution in [0.25, 0.3) is 0 Å². The first-order valence-corrected chi connectivity index (χ1v) is 5.05. The molecule has 0 radical (unpaired) electrons. The number of hydrogen-bond acceptors (Lipinski definition) is 3. The summed E-state index contributed by atoms with van der Waals surface area (Å²) in [5.41, 5.74) is 5.19. The summed E-state index contributed by atoms with van der Waals surface area (Å²) in [6, 6.07) is -0.231. The molecule has 0 spiro atoms. The Kier molecular flexibility index (Phi) is 3.71. The van der Waals surface area contributed by atoms with Gasteiger partial charge in [0.2, 0.25) is 0 Å². The van der Waals surface area contributed by atoms with Crippen LogP contribution in [0.2, 0.25) is 0 Å². The van der Waals surface area contributed by atoms with Crippen LogP contribution in [0.15, 0.2) is 0 Å². The minimum atomic E-state index is -0.678. The summed E-state index contributed by atoms with van der Waals surface area (Å²) < 4.78 is 4.96. The molecule has 0 saturated heterocycles. The van der Waals surface area contributed by atoms with Gasteiger partial charge in [0.1, 0.15) is 0 Å². The van der Waals surface area contributed by atoms with Gasteiger partial charge in [-0.25, -0.2) is 0 Å². The molecular formula is C10H21NO2. The molecule has 0 heterocycles. The standard InChI is InChI=1S/C10H21NO2/c1-8-3-5-10(12,6-4-8)9(11)7-13-2/h8-9,12H,3-7,11H2,1-2H3. The Hall–Kier alpha value is -0.120. The molecule has 78 valence electrons. The number of ether oxygens (including phenoxy) is 1. The molecule has 1 saturated carbocycles. The zero-order valence-electron chi connectivity index (χ0n) is 8.62. The van der Waals surface area contributed by atoms with Gasteiger partial charge < -0.3 is 15.6 Å². The third-order valence-corrected chi connectivity index (χ3v) is 3.18. The third kappa shape index (κ3) is 2.66. The molecule has 1 aliphatic rings. The van der Waals surface area contributed by atoms with E-state index in [2.05, 4.69) is 6.92 Å². The average Bonchev–Trinajstić information content (AvgIpc) is 2.11. The Bertz CT molecular complexity index is 153. The lowest BCUT2D eigenvalue weighted by atomic mass is 9.76. The Morgan fingerprint density at radius 3 is 2.54 bits per heavy atom. The number of methoxy groups -OCH3 is 1. The van der Waals surface area contributed by atoms with Crippen LogP contribution in [-0.2, 0) is 4.74 Å². The Labute approximate surface area is 80.3 Å². The molecule has 0 bridgehead atoms. The van der Waals surface area contributed by atoms with Crippen LogP contribution >= 0.6 is 0 Å². The quantitative estimate of drug-likeness (QED) is 0.690. The van der Waals surface area contributed by atoms with E-state index in [1.165, 1.54) is 0 Å². The molecule has 1 fully saturated rings. The molecule has 0 aromatic heterocycles. The highest BCUT2D eigenvalue weighted by molar-refractivity contribution is 4.92. The van der Waals surface area contributed by atoms with Gasteiger partial charge in [0.15, 0.2) is 0 Å². The fraction of sp³-hybridized carbons (Fsp3) is 1.00. The highest BCUT2D eigenvalue weighted by Gasteiger charge is 2.37. The first kappa shape index (κ1) is 11.0. The van der Waals surface area contributed by atoms with Crippen molar-refractivity contribution in [2.45, 2.75) is 44.2 Å². The molecule has 0 aliphatic heterocycles. The molecule has 3 nitrogen and oxygen atoms in total. The lowest BCUT2D eigenvalue weighted by Gasteiger charge is -2.38. The van der Waals surface area contributed by atoms with Crippen LogP contribution in [0.3, 0.4) is 0 Å². The lowest BCUT2D eigenvalue weighted by molar-refractivity contribution is -0.0471. The van der Waals surface area contributed by atoms with Crippen LogP contribution in [0.4, 0.5) is 0 Å². The largest absolute Gasteiger partial charge is 0.388 e. The van der Waals surface area contributed by atoms with Crippen LogP contribution in [0, 0.1) is 5.92 Å². The zero-order valence-corrected chi connectivity index (χ0v) is 8.62. The normalized spacial score (nSPS) is 37.4. The fourth-order valence-corrected chi connectivity index (χ4v) is 1.97. The number of rotatable bonds is 3. The van der Waals surface area contributed by atoms with E-state index in [1.807, 2.05) is 0 Å². The van der Waals surface area contributed by atoms with Gasteiger partial charge in [-0.2, -0.15) is 0 Å². The van der Waals surface area contributed by atoms with Crippen molar-refractivity contribution in [3.8, 4) is 0 Å². The van der Waals surface area contributed by atoms with Crippen molar-refractivity contribution in [2.75, 3.05) is 13.7 Å². The summed E-state index contributed by atoms with van der Waals surface area (Å²) in [5.74, 6) is 0.731. The van der Waals surface area contributed by atoms with Gasteiger partial charge >= 0.3 is 0 Å². The van der Waals surface area contributed by atoms with Crippen molar-refractivity contribution < 1.29 is 9.84 Å². The Balaban J connectivity index is 2.46. The van der Waals surface area contributed by atoms with Gasteiger partial charge in [-0.3, -0.25) is 0 Å². The summed E-state index contributed by atoms with van der Waals surface area (Å²) in [6.07, 6.45) is 3.79. The fourth-order valence-electron chi connectivity index (χ4n) is 1.97. The molecule has 3 N–H and O–H groups in total. The van der Waals surface area contributed by atoms with Gasteiger partial charge in [0.25, 0.3) is 0 Å². The van der Waals surface area contributed by atoms with Gasteiger partial charge in [0, 0.05) is 7.11 Å². The van der Waals surface area contributed by atoms with E-state index in [0.717, 1.165) is 31.6 Å². The van der Waals surface area contributed by atoms with Crippen LogP contribution in [0.5, 0.6) is 0 Å². The van der Waals surface area contributed by atoms with Crippen molar-refractivity contribution >= 4 is 0 Å². The molecule has 1 aliphatic carbocycles. The van der Waals surface area contributed by atoms with Gasteiger partial charge in [-0.05, 0) is 31.6 Å². The summed E-state index contributed by atoms with van der Waals surface area (Å²) in [6.45, 7) is 2.67. The first-order chi connectivity index (χ1) is 6.08. The van der Waals surface area contributed by atoms with E-state index in [4.69, 9.17) is 10.5 Å². The van der Waals surface area contributed by atoms with Crippen molar-refractivity contribution in [3.05, 3.63) is 0 Å². The van der Waals surface area contributed by atoms with E-state index in [0.29, 0.717) is 6.61 Å². The SMILES string of the molecule is COCC(N)C1(O)CCC(C)CC1. The molecule has 1 unspecified atom stereocenters. The monoisotopic (exact) mass is 187 g/mol. The molecule has 13 heavy (non-hydrogen) atoms. The third-order valence-electron chi connectivity index (χ3n) is 3.18. The lowest BCUT2D eigenvalue weighted by Crippen LogP contribution is -2.52. The molecule has 1 rings (SSSR count). The minimum absolute atomic E-state index is 0.231. The maximum atomic E-state index is 10.2. The molecular weight excluding hydrogens is 166 g/mol. The second-order valence-corrected chi connectivity index (χ2v) is 4.35. The summed E-state index contributed by atoms with van der Waals surface area (Å²) in [7, 11) is 1.62. The predicted molar refractivity (Wildman–Crippen MR) is 52.4 cm³/mol. The minimum Gasteiger partial charge on any atom is -0.388 e. The van der Waals surface area contributed by atoms with Crippen LogP contribution in [-0.4, -0.2) is 30.5 Å². The smallest absolute Gasteiger partial charge is 0.0820 e. The van der Waals surface area contributed by atoms with Gasteiger partial charge in [0.05, 0.1) is 18.2 Å². The first-order valence-electron chi connectivity index (χ1n) is 5.05. The highest BCUT2D eigenvalue weighted by Crippen LogP contribution is 2.33. The number of aliphatic hydroxyl groups is 1.